The van der Waals surface area contributed by atoms with E-state index in [2.05, 4.69) is 50.5 Å². The van der Waals surface area contributed by atoms with E-state index in [1.54, 1.807) is 19.1 Å². The van der Waals surface area contributed by atoms with Crippen molar-refractivity contribution in [2.24, 2.45) is 0 Å². The van der Waals surface area contributed by atoms with Gasteiger partial charge in [-0.2, -0.15) is 5.26 Å². The van der Waals surface area contributed by atoms with Crippen LogP contribution in [0.25, 0.3) is 6.08 Å². The topological polar surface area (TPSA) is 88.4 Å². The van der Waals surface area contributed by atoms with E-state index in [1.807, 2.05) is 36.4 Å². The molecule has 0 radical (unpaired) electrons. The van der Waals surface area contributed by atoms with Gasteiger partial charge in [-0.25, -0.2) is 4.79 Å². The third kappa shape index (κ3) is 7.32. The Morgan fingerprint density at radius 3 is 2.41 bits per heavy atom. The fourth-order valence-electron chi connectivity index (χ4n) is 2.32. The van der Waals surface area contributed by atoms with Crippen molar-refractivity contribution in [1.29, 1.82) is 5.26 Å². The molecule has 6 nitrogen and oxygen atoms in total. The molecule has 0 aromatic heterocycles. The fourth-order valence-corrected chi connectivity index (χ4v) is 4.45. The highest BCUT2D eigenvalue weighted by molar-refractivity contribution is 14.1. The van der Waals surface area contributed by atoms with Gasteiger partial charge in [0.05, 0.1) is 13.7 Å². The lowest BCUT2D eigenvalue weighted by molar-refractivity contribution is -0.145. The smallest absolute Gasteiger partial charge is 0.344 e. The Balaban J connectivity index is 2.11. The van der Waals surface area contributed by atoms with Gasteiger partial charge in [0, 0.05) is 6.54 Å². The predicted molar refractivity (Wildman–Crippen MR) is 126 cm³/mol. The van der Waals surface area contributed by atoms with Crippen molar-refractivity contribution >= 4 is 63.1 Å². The van der Waals surface area contributed by atoms with Gasteiger partial charge in [-0.15, -0.1) is 0 Å². The van der Waals surface area contributed by atoms with Crippen LogP contribution in [0.5, 0.6) is 5.75 Å². The van der Waals surface area contributed by atoms with Crippen molar-refractivity contribution in [3.63, 3.8) is 0 Å². The number of ether oxygens (including phenoxy) is 2. The Labute approximate surface area is 196 Å². The minimum Gasteiger partial charge on any atom is -0.480 e. The highest BCUT2D eigenvalue weighted by Crippen LogP contribution is 2.30. The van der Waals surface area contributed by atoms with Crippen molar-refractivity contribution in [2.75, 3.05) is 13.2 Å². The lowest BCUT2D eigenvalue weighted by atomic mass is 10.1. The maximum atomic E-state index is 12.3. The Bertz CT molecular complexity index is 930. The molecule has 0 aliphatic heterocycles. The van der Waals surface area contributed by atoms with Crippen LogP contribution in [0.2, 0.25) is 0 Å². The molecule has 0 aliphatic rings. The average Bonchev–Trinajstić information content (AvgIpc) is 2.70. The first kappa shape index (κ1) is 23.2. The molecule has 29 heavy (non-hydrogen) atoms. The zero-order valence-corrected chi connectivity index (χ0v) is 19.9. The van der Waals surface area contributed by atoms with E-state index in [4.69, 9.17) is 9.47 Å². The minimum atomic E-state index is -0.441. The number of nitriles is 1. The lowest BCUT2D eigenvalue weighted by Gasteiger charge is -2.11. The lowest BCUT2D eigenvalue weighted by Crippen LogP contribution is -2.23. The molecule has 2 aromatic carbocycles. The van der Waals surface area contributed by atoms with Gasteiger partial charge in [0.1, 0.15) is 17.4 Å². The first-order valence-corrected chi connectivity index (χ1v) is 10.8. The highest BCUT2D eigenvalue weighted by atomic mass is 127. The summed E-state index contributed by atoms with van der Waals surface area (Å²) >= 11 is 4.17. The molecule has 1 N–H and O–H groups in total. The first-order valence-electron chi connectivity index (χ1n) is 8.66. The van der Waals surface area contributed by atoms with Crippen LogP contribution in [0.1, 0.15) is 18.1 Å². The standard InChI is InChI=1S/C21H18I2N2O4/c1-2-28-19(26)13-29-20-17(22)9-15(10-18(20)23)8-16(11-24)21(27)25-12-14-6-4-3-5-7-14/h3-10H,2,12-13H2,1H3,(H,25,27)/b16-8-. The molecule has 8 heteroatoms. The first-order chi connectivity index (χ1) is 13.9. The second-order valence-corrected chi connectivity index (χ2v) is 8.07. The molecular weight excluding hydrogens is 598 g/mol. The van der Waals surface area contributed by atoms with Crippen LogP contribution in [-0.2, 0) is 20.9 Å². The normalized spacial score (nSPS) is 10.8. The summed E-state index contributed by atoms with van der Waals surface area (Å²) in [7, 11) is 0. The summed E-state index contributed by atoms with van der Waals surface area (Å²) in [4.78, 5) is 23.8. The molecule has 2 aromatic rings. The molecule has 0 spiro atoms. The van der Waals surface area contributed by atoms with E-state index >= 15 is 0 Å². The molecule has 2 rings (SSSR count). The van der Waals surface area contributed by atoms with Gasteiger partial charge in [0.2, 0.25) is 0 Å². The Kier molecular flexibility index (Phi) is 9.40. The summed E-state index contributed by atoms with van der Waals surface area (Å²) in [6, 6.07) is 15.0. The maximum absolute atomic E-state index is 12.3. The third-order valence-corrected chi connectivity index (χ3v) is 5.23. The van der Waals surface area contributed by atoms with Gasteiger partial charge in [-0.3, -0.25) is 4.79 Å². The van der Waals surface area contributed by atoms with Crippen LogP contribution in [0.3, 0.4) is 0 Å². The summed E-state index contributed by atoms with van der Waals surface area (Å²) in [5.74, 6) is -0.322. The largest absolute Gasteiger partial charge is 0.480 e. The Morgan fingerprint density at radius 2 is 1.83 bits per heavy atom. The van der Waals surface area contributed by atoms with Crippen LogP contribution < -0.4 is 10.1 Å². The zero-order chi connectivity index (χ0) is 21.2. The number of benzene rings is 2. The Morgan fingerprint density at radius 1 is 1.17 bits per heavy atom. The molecule has 0 fully saturated rings. The van der Waals surface area contributed by atoms with Crippen LogP contribution in [0, 0.1) is 18.5 Å². The summed E-state index contributed by atoms with van der Waals surface area (Å²) < 4.78 is 11.9. The molecule has 0 bridgehead atoms. The summed E-state index contributed by atoms with van der Waals surface area (Å²) in [5.41, 5.74) is 1.65. The third-order valence-electron chi connectivity index (χ3n) is 3.63. The maximum Gasteiger partial charge on any atom is 0.344 e. The molecule has 0 unspecified atom stereocenters. The quantitative estimate of drug-likeness (QED) is 0.209. The highest BCUT2D eigenvalue weighted by Gasteiger charge is 2.13. The number of carbonyl (C=O) groups is 2. The van der Waals surface area contributed by atoms with Crippen molar-refractivity contribution in [1.82, 2.24) is 5.32 Å². The van der Waals surface area contributed by atoms with E-state index in [0.717, 1.165) is 12.7 Å². The van der Waals surface area contributed by atoms with E-state index in [1.165, 1.54) is 6.08 Å². The number of hydrogen-bond donors (Lipinski definition) is 1. The average molecular weight is 616 g/mol. The SMILES string of the molecule is CCOC(=O)COc1c(I)cc(/C=C(/C#N)C(=O)NCc2ccccc2)cc1I. The molecule has 1 amide bonds. The molecule has 0 saturated carbocycles. The van der Waals surface area contributed by atoms with Crippen LogP contribution in [0.15, 0.2) is 48.0 Å². The van der Waals surface area contributed by atoms with Gasteiger partial charge in [-0.05, 0) is 81.4 Å². The van der Waals surface area contributed by atoms with Gasteiger partial charge in [-0.1, -0.05) is 30.3 Å². The number of hydrogen-bond acceptors (Lipinski definition) is 5. The molecular formula is C21H18I2N2O4. The van der Waals surface area contributed by atoms with Crippen LogP contribution in [0.4, 0.5) is 0 Å². The van der Waals surface area contributed by atoms with Gasteiger partial charge >= 0.3 is 5.97 Å². The zero-order valence-electron chi connectivity index (χ0n) is 15.6. The number of nitrogens with one attached hydrogen (secondary N) is 1. The number of amides is 1. The second kappa shape index (κ2) is 11.8. The monoisotopic (exact) mass is 616 g/mol. The van der Waals surface area contributed by atoms with Crippen molar-refractivity contribution < 1.29 is 19.1 Å². The molecule has 0 atom stereocenters. The molecule has 0 heterocycles. The van der Waals surface area contributed by atoms with Crippen molar-refractivity contribution in [3.8, 4) is 11.8 Å². The van der Waals surface area contributed by atoms with Gasteiger partial charge < -0.3 is 14.8 Å². The fraction of sp³-hybridized carbons (Fsp3) is 0.190. The van der Waals surface area contributed by atoms with Crippen molar-refractivity contribution in [3.05, 3.63) is 66.3 Å². The summed E-state index contributed by atoms with van der Waals surface area (Å²) in [5, 5.41) is 12.1. The summed E-state index contributed by atoms with van der Waals surface area (Å²) in [6.07, 6.45) is 1.53. The number of halogens is 2. The van der Waals surface area contributed by atoms with Crippen LogP contribution in [-0.4, -0.2) is 25.1 Å². The number of rotatable bonds is 8. The van der Waals surface area contributed by atoms with Crippen molar-refractivity contribution in [2.45, 2.75) is 13.5 Å². The summed E-state index contributed by atoms with van der Waals surface area (Å²) in [6.45, 7) is 2.19. The van der Waals surface area contributed by atoms with E-state index in [9.17, 15) is 14.9 Å². The predicted octanol–water partition coefficient (Wildman–Crippen LogP) is 4.06. The second-order valence-electron chi connectivity index (χ2n) is 5.75. The number of esters is 1. The van der Waals surface area contributed by atoms with Gasteiger partial charge in [0.25, 0.3) is 5.91 Å². The molecule has 150 valence electrons. The minimum absolute atomic E-state index is 0.00715. The molecule has 0 aliphatic carbocycles. The van der Waals surface area contributed by atoms with Gasteiger partial charge in [0.15, 0.2) is 6.61 Å². The van der Waals surface area contributed by atoms with E-state index in [0.29, 0.717) is 24.5 Å². The van der Waals surface area contributed by atoms with E-state index < -0.39 is 11.9 Å². The van der Waals surface area contributed by atoms with E-state index in [-0.39, 0.29) is 12.2 Å². The molecule has 0 saturated heterocycles. The Hall–Kier alpha value is -2.13. The number of carbonyl (C=O) groups excluding carboxylic acids is 2. The number of nitrogens with zero attached hydrogens (tertiary/aromatic N) is 1. The van der Waals surface area contributed by atoms with Crippen LogP contribution >= 0.6 is 45.2 Å².